The first-order chi connectivity index (χ1) is 15.3. The summed E-state index contributed by atoms with van der Waals surface area (Å²) in [4.78, 5) is 20.2. The third-order valence-corrected chi connectivity index (χ3v) is 7.44. The molecule has 1 aromatic carbocycles. The zero-order valence-corrected chi connectivity index (χ0v) is 18.7. The van der Waals surface area contributed by atoms with Gasteiger partial charge in [0.15, 0.2) is 5.13 Å². The van der Waals surface area contributed by atoms with E-state index in [2.05, 4.69) is 50.5 Å². The van der Waals surface area contributed by atoms with E-state index in [4.69, 9.17) is 4.98 Å². The summed E-state index contributed by atoms with van der Waals surface area (Å²) in [7, 11) is 0. The molecule has 5 nitrogen and oxygen atoms in total. The Labute approximate surface area is 188 Å². The second kappa shape index (κ2) is 9.27. The molecular weight excluding hydrogens is 404 g/mol. The molecule has 1 atom stereocenters. The Morgan fingerprint density at radius 3 is 2.71 bits per heavy atom. The highest BCUT2D eigenvalue weighted by Crippen LogP contribution is 2.37. The number of carbonyl (C=O) groups excluding carboxylic acids is 1. The molecule has 2 aliphatic rings. The van der Waals surface area contributed by atoms with Crippen LogP contribution in [0.3, 0.4) is 0 Å². The number of hydrogen-bond acceptors (Lipinski definition) is 4. The number of carbonyl (C=O) groups is 1. The number of thiazole rings is 1. The van der Waals surface area contributed by atoms with Crippen molar-refractivity contribution in [1.82, 2.24) is 9.55 Å². The van der Waals surface area contributed by atoms with Crippen LogP contribution in [0.25, 0.3) is 0 Å². The van der Waals surface area contributed by atoms with Gasteiger partial charge in [-0.3, -0.25) is 10.1 Å². The largest absolute Gasteiger partial charge is 0.363 e. The Morgan fingerprint density at radius 1 is 1.03 bits per heavy atom. The molecule has 0 bridgehead atoms. The number of anilines is 2. The fourth-order valence-corrected chi connectivity index (χ4v) is 5.84. The van der Waals surface area contributed by atoms with Crippen molar-refractivity contribution in [3.8, 4) is 0 Å². The van der Waals surface area contributed by atoms with Gasteiger partial charge in [0, 0.05) is 30.4 Å². The zero-order chi connectivity index (χ0) is 21.0. The van der Waals surface area contributed by atoms with E-state index in [1.54, 1.807) is 0 Å². The lowest BCUT2D eigenvalue weighted by molar-refractivity contribution is 0.101. The van der Waals surface area contributed by atoms with Crippen LogP contribution in [0, 0.1) is 5.92 Å². The van der Waals surface area contributed by atoms with Crippen LogP contribution in [0.1, 0.15) is 67.2 Å². The summed E-state index contributed by atoms with van der Waals surface area (Å²) in [6.07, 6.45) is 10.8. The summed E-state index contributed by atoms with van der Waals surface area (Å²) in [6, 6.07) is 14.7. The van der Waals surface area contributed by atoms with Crippen LogP contribution in [-0.2, 0) is 6.54 Å². The van der Waals surface area contributed by atoms with Gasteiger partial charge in [-0.15, -0.1) is 11.3 Å². The van der Waals surface area contributed by atoms with Crippen molar-refractivity contribution in [3.05, 3.63) is 65.4 Å². The molecule has 0 unspecified atom stereocenters. The summed E-state index contributed by atoms with van der Waals surface area (Å²) in [5.74, 6) is 0.624. The molecule has 0 spiro atoms. The van der Waals surface area contributed by atoms with Gasteiger partial charge >= 0.3 is 0 Å². The minimum Gasteiger partial charge on any atom is -0.363 e. The van der Waals surface area contributed by atoms with Crippen LogP contribution in [0.4, 0.5) is 10.8 Å². The van der Waals surface area contributed by atoms with Crippen LogP contribution in [0.2, 0.25) is 0 Å². The molecule has 2 aromatic heterocycles. The van der Waals surface area contributed by atoms with Crippen molar-refractivity contribution in [3.63, 3.8) is 0 Å². The molecule has 5 rings (SSSR count). The smallest absolute Gasteiger partial charge is 0.274 e. The summed E-state index contributed by atoms with van der Waals surface area (Å²) in [5, 5.41) is 5.83. The maximum atomic E-state index is 13.0. The van der Waals surface area contributed by atoms with Gasteiger partial charge in [-0.2, -0.15) is 0 Å². The number of amides is 1. The van der Waals surface area contributed by atoms with E-state index in [1.807, 2.05) is 18.3 Å². The standard InChI is InChI=1S/C25H30N4OS/c30-24(23-14-7-15-28(23)17-19-9-3-1-4-10-19)27-25-26-21(18-31-25)22-13-8-16-29(22)20-11-5-2-6-12-20/h2,5-7,11-12,14-15,18-19,22H,1,3-4,8-10,13,16-17H2,(H,26,27,30)/t22-/m1/s1. The third-order valence-electron chi connectivity index (χ3n) is 6.67. The quantitative estimate of drug-likeness (QED) is 0.508. The highest BCUT2D eigenvalue weighted by atomic mass is 32.1. The van der Waals surface area contributed by atoms with Gasteiger partial charge in [-0.05, 0) is 55.9 Å². The van der Waals surface area contributed by atoms with Crippen molar-refractivity contribution in [2.24, 2.45) is 5.92 Å². The first kappa shape index (κ1) is 20.3. The number of nitrogens with one attached hydrogen (secondary N) is 1. The molecule has 3 aromatic rings. The van der Waals surface area contributed by atoms with E-state index < -0.39 is 0 Å². The molecule has 0 radical (unpaired) electrons. The molecule has 6 heteroatoms. The summed E-state index contributed by atoms with van der Waals surface area (Å²) in [5.41, 5.74) is 3.03. The van der Waals surface area contributed by atoms with Crippen LogP contribution in [0.15, 0.2) is 54.0 Å². The Bertz CT molecular complexity index is 1010. The number of nitrogens with zero attached hydrogens (tertiary/aromatic N) is 3. The topological polar surface area (TPSA) is 50.2 Å². The maximum Gasteiger partial charge on any atom is 0.274 e. The lowest BCUT2D eigenvalue weighted by Crippen LogP contribution is -2.23. The maximum absolute atomic E-state index is 13.0. The Kier molecular flexibility index (Phi) is 6.07. The van der Waals surface area contributed by atoms with Crippen molar-refractivity contribution < 1.29 is 4.79 Å². The van der Waals surface area contributed by atoms with E-state index in [0.717, 1.165) is 37.3 Å². The van der Waals surface area contributed by atoms with Crippen LogP contribution < -0.4 is 10.2 Å². The number of para-hydroxylation sites is 1. The van der Waals surface area contributed by atoms with Crippen molar-refractivity contribution in [1.29, 1.82) is 0 Å². The summed E-state index contributed by atoms with van der Waals surface area (Å²) in [6.45, 7) is 1.98. The van der Waals surface area contributed by atoms with Gasteiger partial charge < -0.3 is 9.47 Å². The molecule has 1 amide bonds. The van der Waals surface area contributed by atoms with Crippen LogP contribution in [-0.4, -0.2) is 22.0 Å². The second-order valence-corrected chi connectivity index (χ2v) is 9.63. The SMILES string of the molecule is O=C(Nc1nc([C@H]2CCCN2c2ccccc2)cs1)c1cccn1CC1CCCCC1. The van der Waals surface area contributed by atoms with Crippen LogP contribution >= 0.6 is 11.3 Å². The van der Waals surface area contributed by atoms with E-state index in [0.29, 0.717) is 11.0 Å². The first-order valence-corrected chi connectivity index (χ1v) is 12.4. The molecule has 3 heterocycles. The van der Waals surface area contributed by atoms with Gasteiger partial charge in [0.2, 0.25) is 0 Å². The lowest BCUT2D eigenvalue weighted by Gasteiger charge is -2.25. The Hall–Kier alpha value is -2.60. The Morgan fingerprint density at radius 2 is 1.87 bits per heavy atom. The minimum atomic E-state index is -0.0620. The average Bonchev–Trinajstić information content (AvgIpc) is 3.56. The molecule has 1 aliphatic heterocycles. The van der Waals surface area contributed by atoms with Gasteiger partial charge in [0.25, 0.3) is 5.91 Å². The molecule has 1 saturated heterocycles. The molecule has 31 heavy (non-hydrogen) atoms. The predicted octanol–water partition coefficient (Wildman–Crippen LogP) is 6.12. The average molecular weight is 435 g/mol. The number of rotatable bonds is 6. The number of hydrogen-bond donors (Lipinski definition) is 1. The third kappa shape index (κ3) is 4.54. The van der Waals surface area contributed by atoms with E-state index in [-0.39, 0.29) is 11.9 Å². The second-order valence-electron chi connectivity index (χ2n) is 8.77. The fourth-order valence-electron chi connectivity index (χ4n) is 5.09. The molecule has 1 aliphatic carbocycles. The highest BCUT2D eigenvalue weighted by molar-refractivity contribution is 7.14. The number of benzene rings is 1. The molecule has 1 N–H and O–H groups in total. The van der Waals surface area contributed by atoms with E-state index >= 15 is 0 Å². The van der Waals surface area contributed by atoms with Crippen LogP contribution in [0.5, 0.6) is 0 Å². The van der Waals surface area contributed by atoms with Gasteiger partial charge in [0.1, 0.15) is 5.69 Å². The van der Waals surface area contributed by atoms with E-state index in [9.17, 15) is 4.79 Å². The van der Waals surface area contributed by atoms with Crippen molar-refractivity contribution >= 4 is 28.1 Å². The van der Waals surface area contributed by atoms with E-state index in [1.165, 1.54) is 49.1 Å². The van der Waals surface area contributed by atoms with Gasteiger partial charge in [-0.1, -0.05) is 37.5 Å². The van der Waals surface area contributed by atoms with Gasteiger partial charge in [-0.25, -0.2) is 4.98 Å². The summed E-state index contributed by atoms with van der Waals surface area (Å²) < 4.78 is 2.12. The molecular formula is C25H30N4OS. The normalized spacial score (nSPS) is 19.6. The molecule has 2 fully saturated rings. The monoisotopic (exact) mass is 434 g/mol. The minimum absolute atomic E-state index is 0.0620. The zero-order valence-electron chi connectivity index (χ0n) is 17.9. The molecule has 162 valence electrons. The first-order valence-electron chi connectivity index (χ1n) is 11.5. The van der Waals surface area contributed by atoms with Gasteiger partial charge in [0.05, 0.1) is 11.7 Å². The molecule has 1 saturated carbocycles. The highest BCUT2D eigenvalue weighted by Gasteiger charge is 2.28. The Balaban J connectivity index is 1.26. The predicted molar refractivity (Wildman–Crippen MR) is 127 cm³/mol. The van der Waals surface area contributed by atoms with Crippen molar-refractivity contribution in [2.45, 2.75) is 57.5 Å². The van der Waals surface area contributed by atoms with Crippen molar-refractivity contribution in [2.75, 3.05) is 16.8 Å². The summed E-state index contributed by atoms with van der Waals surface area (Å²) >= 11 is 1.52. The lowest BCUT2D eigenvalue weighted by atomic mass is 9.89. The number of aromatic nitrogens is 2. The fraction of sp³-hybridized carbons (Fsp3) is 0.440.